The SMILES string of the molecule is CCOC(=O)CC=Cc1cncc(Cl)c1. The summed E-state index contributed by atoms with van der Waals surface area (Å²) in [6.07, 6.45) is 7.01. The van der Waals surface area contributed by atoms with Crippen LogP contribution in [-0.2, 0) is 9.53 Å². The Kier molecular flexibility index (Phi) is 4.84. The third kappa shape index (κ3) is 4.61. The summed E-state index contributed by atoms with van der Waals surface area (Å²) in [6.45, 7) is 2.19. The Morgan fingerprint density at radius 1 is 1.60 bits per heavy atom. The summed E-state index contributed by atoms with van der Waals surface area (Å²) in [6, 6.07) is 1.77. The van der Waals surface area contributed by atoms with E-state index in [0.717, 1.165) is 5.56 Å². The topological polar surface area (TPSA) is 39.2 Å². The summed E-state index contributed by atoms with van der Waals surface area (Å²) in [7, 11) is 0. The molecule has 4 heteroatoms. The molecule has 1 aromatic rings. The fourth-order valence-electron chi connectivity index (χ4n) is 1.03. The minimum absolute atomic E-state index is 0.233. The first-order valence-corrected chi connectivity index (χ1v) is 5.03. The van der Waals surface area contributed by atoms with Gasteiger partial charge in [-0.1, -0.05) is 23.8 Å². The summed E-state index contributed by atoms with van der Waals surface area (Å²) in [4.78, 5) is 14.9. The molecule has 3 nitrogen and oxygen atoms in total. The zero-order valence-corrected chi connectivity index (χ0v) is 9.20. The number of aromatic nitrogens is 1. The van der Waals surface area contributed by atoms with E-state index in [9.17, 15) is 4.79 Å². The van der Waals surface area contributed by atoms with Crippen LogP contribution < -0.4 is 0 Å². The molecule has 1 heterocycles. The number of hydrogen-bond acceptors (Lipinski definition) is 3. The molecule has 0 saturated heterocycles. The molecule has 0 aromatic carbocycles. The number of pyridine rings is 1. The summed E-state index contributed by atoms with van der Waals surface area (Å²) in [5.41, 5.74) is 0.867. The molecule has 1 rings (SSSR count). The molecule has 0 aliphatic carbocycles. The smallest absolute Gasteiger partial charge is 0.309 e. The van der Waals surface area contributed by atoms with Gasteiger partial charge in [-0.15, -0.1) is 0 Å². The van der Waals surface area contributed by atoms with Gasteiger partial charge in [-0.25, -0.2) is 0 Å². The van der Waals surface area contributed by atoms with Gasteiger partial charge in [-0.2, -0.15) is 0 Å². The fourth-order valence-corrected chi connectivity index (χ4v) is 1.21. The van der Waals surface area contributed by atoms with Gasteiger partial charge in [0.25, 0.3) is 0 Å². The number of esters is 1. The number of halogens is 1. The van der Waals surface area contributed by atoms with Crippen molar-refractivity contribution in [3.63, 3.8) is 0 Å². The van der Waals surface area contributed by atoms with E-state index in [1.165, 1.54) is 0 Å². The van der Waals surface area contributed by atoms with Crippen molar-refractivity contribution in [1.82, 2.24) is 4.98 Å². The van der Waals surface area contributed by atoms with Crippen LogP contribution in [0.25, 0.3) is 6.08 Å². The van der Waals surface area contributed by atoms with Crippen LogP contribution >= 0.6 is 11.6 Å². The van der Waals surface area contributed by atoms with E-state index in [1.54, 1.807) is 37.5 Å². The third-order valence-electron chi connectivity index (χ3n) is 1.63. The Bertz CT molecular complexity index is 363. The number of rotatable bonds is 4. The molecular weight excluding hydrogens is 214 g/mol. The van der Waals surface area contributed by atoms with E-state index < -0.39 is 0 Å². The lowest BCUT2D eigenvalue weighted by molar-refractivity contribution is -0.142. The van der Waals surface area contributed by atoms with Gasteiger partial charge in [-0.3, -0.25) is 9.78 Å². The second-order valence-corrected chi connectivity index (χ2v) is 3.28. The molecule has 0 atom stereocenters. The van der Waals surface area contributed by atoms with E-state index >= 15 is 0 Å². The highest BCUT2D eigenvalue weighted by Crippen LogP contribution is 2.09. The normalized spacial score (nSPS) is 10.5. The number of ether oxygens (including phenoxy) is 1. The van der Waals surface area contributed by atoms with Crippen LogP contribution in [0, 0.1) is 0 Å². The third-order valence-corrected chi connectivity index (χ3v) is 1.83. The fraction of sp³-hybridized carbons (Fsp3) is 0.273. The second kappa shape index (κ2) is 6.19. The van der Waals surface area contributed by atoms with Crippen LogP contribution in [0.4, 0.5) is 0 Å². The minimum atomic E-state index is -0.233. The van der Waals surface area contributed by atoms with Crippen LogP contribution in [0.1, 0.15) is 18.9 Å². The monoisotopic (exact) mass is 225 g/mol. The molecule has 0 radical (unpaired) electrons. The average molecular weight is 226 g/mol. The lowest BCUT2D eigenvalue weighted by Gasteiger charge is -1.97. The molecule has 80 valence electrons. The Labute approximate surface area is 93.7 Å². The Balaban J connectivity index is 2.48. The molecule has 0 saturated carbocycles. The Morgan fingerprint density at radius 2 is 2.40 bits per heavy atom. The number of hydrogen-bond donors (Lipinski definition) is 0. The lowest BCUT2D eigenvalue weighted by atomic mass is 10.2. The molecule has 0 fully saturated rings. The van der Waals surface area contributed by atoms with Crippen molar-refractivity contribution in [2.75, 3.05) is 6.61 Å². The van der Waals surface area contributed by atoms with Crippen molar-refractivity contribution >= 4 is 23.6 Å². The Morgan fingerprint density at radius 3 is 3.07 bits per heavy atom. The summed E-state index contributed by atoms with van der Waals surface area (Å²) >= 11 is 5.75. The van der Waals surface area contributed by atoms with Gasteiger partial charge in [0, 0.05) is 12.4 Å². The van der Waals surface area contributed by atoms with Crippen LogP contribution in [0.3, 0.4) is 0 Å². The highest BCUT2D eigenvalue weighted by atomic mass is 35.5. The van der Waals surface area contributed by atoms with Gasteiger partial charge in [0.1, 0.15) is 0 Å². The zero-order chi connectivity index (χ0) is 11.1. The van der Waals surface area contributed by atoms with E-state index in [2.05, 4.69) is 4.98 Å². The van der Waals surface area contributed by atoms with Crippen molar-refractivity contribution in [3.8, 4) is 0 Å². The van der Waals surface area contributed by atoms with Crippen LogP contribution in [0.5, 0.6) is 0 Å². The first-order valence-electron chi connectivity index (χ1n) is 4.65. The highest BCUT2D eigenvalue weighted by molar-refractivity contribution is 6.30. The quantitative estimate of drug-likeness (QED) is 0.740. The first-order chi connectivity index (χ1) is 7.22. The van der Waals surface area contributed by atoms with E-state index in [4.69, 9.17) is 16.3 Å². The Hall–Kier alpha value is -1.35. The van der Waals surface area contributed by atoms with Gasteiger partial charge in [0.2, 0.25) is 0 Å². The van der Waals surface area contributed by atoms with Gasteiger partial charge in [0.15, 0.2) is 0 Å². The molecule has 0 spiro atoms. The van der Waals surface area contributed by atoms with Crippen molar-refractivity contribution in [2.45, 2.75) is 13.3 Å². The summed E-state index contributed by atoms with van der Waals surface area (Å²) in [5, 5.41) is 0.577. The van der Waals surface area contributed by atoms with Gasteiger partial charge in [-0.05, 0) is 18.6 Å². The van der Waals surface area contributed by atoms with Crippen molar-refractivity contribution in [3.05, 3.63) is 35.1 Å². The summed E-state index contributed by atoms with van der Waals surface area (Å²) < 4.78 is 4.77. The number of carbonyl (C=O) groups is 1. The van der Waals surface area contributed by atoms with Gasteiger partial charge in [0.05, 0.1) is 18.1 Å². The largest absolute Gasteiger partial charge is 0.466 e. The number of nitrogens with zero attached hydrogens (tertiary/aromatic N) is 1. The minimum Gasteiger partial charge on any atom is -0.466 e. The van der Waals surface area contributed by atoms with Crippen molar-refractivity contribution in [2.24, 2.45) is 0 Å². The van der Waals surface area contributed by atoms with Crippen molar-refractivity contribution in [1.29, 1.82) is 0 Å². The van der Waals surface area contributed by atoms with Crippen molar-refractivity contribution < 1.29 is 9.53 Å². The van der Waals surface area contributed by atoms with E-state index in [1.807, 2.05) is 0 Å². The molecule has 0 bridgehead atoms. The predicted octanol–water partition coefficient (Wildman–Crippen LogP) is 2.70. The molecule has 0 aliphatic heterocycles. The second-order valence-electron chi connectivity index (χ2n) is 2.85. The molecule has 0 amide bonds. The maximum Gasteiger partial charge on any atom is 0.309 e. The van der Waals surface area contributed by atoms with E-state index in [-0.39, 0.29) is 12.4 Å². The summed E-state index contributed by atoms with van der Waals surface area (Å²) in [5.74, 6) is -0.233. The maximum atomic E-state index is 11.0. The average Bonchev–Trinajstić information content (AvgIpc) is 2.18. The lowest BCUT2D eigenvalue weighted by Crippen LogP contribution is -2.01. The molecule has 0 N–H and O–H groups in total. The van der Waals surface area contributed by atoms with E-state index in [0.29, 0.717) is 11.6 Å². The van der Waals surface area contributed by atoms with Crippen LogP contribution in [0.15, 0.2) is 24.5 Å². The maximum absolute atomic E-state index is 11.0. The van der Waals surface area contributed by atoms with Crippen LogP contribution in [-0.4, -0.2) is 17.6 Å². The van der Waals surface area contributed by atoms with Crippen LogP contribution in [0.2, 0.25) is 5.02 Å². The molecular formula is C11H12ClNO2. The standard InChI is InChI=1S/C11H12ClNO2/c1-2-15-11(14)5-3-4-9-6-10(12)8-13-7-9/h3-4,6-8H,2,5H2,1H3. The predicted molar refractivity (Wildman–Crippen MR) is 59.5 cm³/mol. The molecule has 15 heavy (non-hydrogen) atoms. The number of carbonyl (C=O) groups excluding carboxylic acids is 1. The zero-order valence-electron chi connectivity index (χ0n) is 8.44. The molecule has 1 aromatic heterocycles. The molecule has 0 unspecified atom stereocenters. The molecule has 0 aliphatic rings. The van der Waals surface area contributed by atoms with Gasteiger partial charge < -0.3 is 4.74 Å². The first kappa shape index (κ1) is 11.7. The van der Waals surface area contributed by atoms with Gasteiger partial charge >= 0.3 is 5.97 Å². The highest BCUT2D eigenvalue weighted by Gasteiger charge is 1.96.